The second-order valence-electron chi connectivity index (χ2n) is 3.75. The maximum Gasteiger partial charge on any atom is 0.277 e. The van der Waals surface area contributed by atoms with Crippen molar-refractivity contribution in [2.45, 2.75) is 13.8 Å². The van der Waals surface area contributed by atoms with Gasteiger partial charge in [0.15, 0.2) is 5.69 Å². The number of aromatic nitrogens is 1. The lowest BCUT2D eigenvalue weighted by Gasteiger charge is -2.08. The minimum absolute atomic E-state index is 0.0265. The number of nitrogens with zero attached hydrogens (tertiary/aromatic N) is 1. The largest absolute Gasteiger partial charge is 0.506 e. The molecule has 5 nitrogen and oxygen atoms in total. The number of anilines is 1. The van der Waals surface area contributed by atoms with Crippen LogP contribution in [0.1, 0.15) is 21.8 Å². The van der Waals surface area contributed by atoms with Gasteiger partial charge in [-0.1, -0.05) is 17.3 Å². The SMILES string of the molecule is Cc1cc(C(=O)Nc2c(C)cccc2O)no1. The van der Waals surface area contributed by atoms with E-state index in [1.54, 1.807) is 26.0 Å². The molecule has 1 amide bonds. The Morgan fingerprint density at radius 1 is 1.41 bits per heavy atom. The van der Waals surface area contributed by atoms with E-state index in [0.29, 0.717) is 11.4 Å². The van der Waals surface area contributed by atoms with Gasteiger partial charge in [0, 0.05) is 6.07 Å². The number of phenols is 1. The minimum atomic E-state index is -0.411. The maximum absolute atomic E-state index is 11.8. The second-order valence-corrected chi connectivity index (χ2v) is 3.75. The highest BCUT2D eigenvalue weighted by molar-refractivity contribution is 6.04. The van der Waals surface area contributed by atoms with Crippen LogP contribution in [0.3, 0.4) is 0 Å². The van der Waals surface area contributed by atoms with E-state index in [1.807, 2.05) is 0 Å². The number of benzene rings is 1. The number of amides is 1. The molecule has 0 radical (unpaired) electrons. The van der Waals surface area contributed by atoms with Crippen LogP contribution in [0.5, 0.6) is 5.75 Å². The lowest BCUT2D eigenvalue weighted by molar-refractivity contribution is 0.101. The molecule has 2 aromatic rings. The highest BCUT2D eigenvalue weighted by Gasteiger charge is 2.14. The highest BCUT2D eigenvalue weighted by Crippen LogP contribution is 2.26. The van der Waals surface area contributed by atoms with Crippen molar-refractivity contribution in [3.8, 4) is 5.75 Å². The summed E-state index contributed by atoms with van der Waals surface area (Å²) in [6.07, 6.45) is 0. The number of phenolic OH excluding ortho intramolecular Hbond substituents is 1. The van der Waals surface area contributed by atoms with Crippen LogP contribution >= 0.6 is 0 Å². The van der Waals surface area contributed by atoms with Crippen molar-refractivity contribution in [3.05, 3.63) is 41.3 Å². The van der Waals surface area contributed by atoms with Gasteiger partial charge in [-0.25, -0.2) is 0 Å². The number of hydrogen-bond donors (Lipinski definition) is 2. The zero-order chi connectivity index (χ0) is 12.4. The molecule has 2 rings (SSSR count). The molecule has 0 saturated heterocycles. The fourth-order valence-corrected chi connectivity index (χ4v) is 1.47. The number of carbonyl (C=O) groups is 1. The summed E-state index contributed by atoms with van der Waals surface area (Å²) >= 11 is 0. The van der Waals surface area contributed by atoms with Gasteiger partial charge in [-0.05, 0) is 25.5 Å². The third kappa shape index (κ3) is 2.28. The average Bonchev–Trinajstić information content (AvgIpc) is 2.70. The molecule has 1 aromatic carbocycles. The third-order valence-corrected chi connectivity index (χ3v) is 2.35. The predicted octanol–water partition coefficient (Wildman–Crippen LogP) is 2.25. The van der Waals surface area contributed by atoms with E-state index in [2.05, 4.69) is 10.5 Å². The number of rotatable bonds is 2. The van der Waals surface area contributed by atoms with Gasteiger partial charge in [0.25, 0.3) is 5.91 Å². The van der Waals surface area contributed by atoms with Crippen molar-refractivity contribution < 1.29 is 14.4 Å². The Balaban J connectivity index is 2.24. The van der Waals surface area contributed by atoms with Crippen molar-refractivity contribution in [3.63, 3.8) is 0 Å². The first-order valence-electron chi connectivity index (χ1n) is 5.11. The third-order valence-electron chi connectivity index (χ3n) is 2.35. The Morgan fingerprint density at radius 3 is 2.76 bits per heavy atom. The molecular formula is C12H12N2O3. The van der Waals surface area contributed by atoms with Gasteiger partial charge in [-0.15, -0.1) is 0 Å². The van der Waals surface area contributed by atoms with E-state index in [1.165, 1.54) is 12.1 Å². The molecule has 0 saturated carbocycles. The van der Waals surface area contributed by atoms with E-state index >= 15 is 0 Å². The van der Waals surface area contributed by atoms with Gasteiger partial charge in [-0.3, -0.25) is 4.79 Å². The topological polar surface area (TPSA) is 75.4 Å². The molecule has 0 spiro atoms. The summed E-state index contributed by atoms with van der Waals surface area (Å²) in [5.74, 6) is 0.175. The zero-order valence-electron chi connectivity index (χ0n) is 9.52. The van der Waals surface area contributed by atoms with Gasteiger partial charge in [-0.2, -0.15) is 0 Å². The number of nitrogens with one attached hydrogen (secondary N) is 1. The van der Waals surface area contributed by atoms with E-state index in [0.717, 1.165) is 5.56 Å². The van der Waals surface area contributed by atoms with Crippen LogP contribution in [0.4, 0.5) is 5.69 Å². The summed E-state index contributed by atoms with van der Waals surface area (Å²) in [6, 6.07) is 6.55. The van der Waals surface area contributed by atoms with Gasteiger partial charge in [0.2, 0.25) is 0 Å². The Hall–Kier alpha value is -2.30. The number of hydrogen-bond acceptors (Lipinski definition) is 4. The summed E-state index contributed by atoms with van der Waals surface area (Å²) < 4.78 is 4.81. The van der Waals surface area contributed by atoms with Crippen LogP contribution in [0.25, 0.3) is 0 Å². The smallest absolute Gasteiger partial charge is 0.277 e. The summed E-state index contributed by atoms with van der Waals surface area (Å²) in [4.78, 5) is 11.8. The van der Waals surface area contributed by atoms with E-state index in [9.17, 15) is 9.90 Å². The molecule has 2 N–H and O–H groups in total. The Kier molecular flexibility index (Phi) is 2.82. The van der Waals surface area contributed by atoms with Gasteiger partial charge < -0.3 is 14.9 Å². The fourth-order valence-electron chi connectivity index (χ4n) is 1.47. The maximum atomic E-state index is 11.8. The molecule has 17 heavy (non-hydrogen) atoms. The molecule has 0 unspecified atom stereocenters. The lowest BCUT2D eigenvalue weighted by atomic mass is 10.2. The molecule has 0 fully saturated rings. The highest BCUT2D eigenvalue weighted by atomic mass is 16.5. The Labute approximate surface area is 98.1 Å². The van der Waals surface area contributed by atoms with Gasteiger partial charge in [0.1, 0.15) is 11.5 Å². The van der Waals surface area contributed by atoms with Crippen LogP contribution in [-0.2, 0) is 0 Å². The standard InChI is InChI=1S/C12H12N2O3/c1-7-4-3-5-10(15)11(7)13-12(16)9-6-8(2)17-14-9/h3-6,15H,1-2H3,(H,13,16). The number of para-hydroxylation sites is 1. The quantitative estimate of drug-likeness (QED) is 0.778. The predicted molar refractivity (Wildman–Crippen MR) is 62.0 cm³/mol. The lowest BCUT2D eigenvalue weighted by Crippen LogP contribution is -2.13. The molecule has 0 atom stereocenters. The monoisotopic (exact) mass is 232 g/mol. The number of aryl methyl sites for hydroxylation is 2. The van der Waals surface area contributed by atoms with Crippen LogP contribution in [0.2, 0.25) is 0 Å². The average molecular weight is 232 g/mol. The Bertz CT molecular complexity index is 540. The first-order chi connectivity index (χ1) is 8.08. The molecule has 5 heteroatoms. The van der Waals surface area contributed by atoms with Crippen LogP contribution < -0.4 is 5.32 Å². The molecular weight excluding hydrogens is 220 g/mol. The van der Waals surface area contributed by atoms with Crippen LogP contribution in [-0.4, -0.2) is 16.2 Å². The zero-order valence-corrected chi connectivity index (χ0v) is 9.52. The molecule has 0 aliphatic rings. The molecule has 1 aromatic heterocycles. The first-order valence-corrected chi connectivity index (χ1v) is 5.11. The van der Waals surface area contributed by atoms with Crippen molar-refractivity contribution in [1.82, 2.24) is 5.16 Å². The molecule has 0 bridgehead atoms. The van der Waals surface area contributed by atoms with E-state index in [-0.39, 0.29) is 11.4 Å². The van der Waals surface area contributed by atoms with E-state index < -0.39 is 5.91 Å². The van der Waals surface area contributed by atoms with Crippen molar-refractivity contribution in [2.24, 2.45) is 0 Å². The second kappa shape index (κ2) is 4.29. The summed E-state index contributed by atoms with van der Waals surface area (Å²) in [6.45, 7) is 3.50. The van der Waals surface area contributed by atoms with Gasteiger partial charge in [0.05, 0.1) is 5.69 Å². The molecule has 88 valence electrons. The first kappa shape index (κ1) is 11.2. The molecule has 1 heterocycles. The van der Waals surface area contributed by atoms with Gasteiger partial charge >= 0.3 is 0 Å². The van der Waals surface area contributed by atoms with Crippen molar-refractivity contribution >= 4 is 11.6 Å². The summed E-state index contributed by atoms with van der Waals surface area (Å²) in [7, 11) is 0. The normalized spacial score (nSPS) is 10.2. The van der Waals surface area contributed by atoms with E-state index in [4.69, 9.17) is 4.52 Å². The Morgan fingerprint density at radius 2 is 2.18 bits per heavy atom. The van der Waals surface area contributed by atoms with Crippen LogP contribution in [0, 0.1) is 13.8 Å². The fraction of sp³-hybridized carbons (Fsp3) is 0.167. The van der Waals surface area contributed by atoms with Crippen molar-refractivity contribution in [2.75, 3.05) is 5.32 Å². The van der Waals surface area contributed by atoms with Crippen molar-refractivity contribution in [1.29, 1.82) is 0 Å². The molecule has 0 aliphatic heterocycles. The molecule has 0 aliphatic carbocycles. The number of carbonyl (C=O) groups excluding carboxylic acids is 1. The minimum Gasteiger partial charge on any atom is -0.506 e. The van der Waals surface area contributed by atoms with Crippen LogP contribution in [0.15, 0.2) is 28.8 Å². The summed E-state index contributed by atoms with van der Waals surface area (Å²) in [5, 5.41) is 15.8. The summed E-state index contributed by atoms with van der Waals surface area (Å²) in [5.41, 5.74) is 1.35. The number of aromatic hydroxyl groups is 1.